The monoisotopic (exact) mass is 259 g/mol. The molecule has 1 rings (SSSR count). The highest BCUT2D eigenvalue weighted by atomic mass is 16.5. The van der Waals surface area contributed by atoms with E-state index in [4.69, 9.17) is 15.6 Å². The van der Waals surface area contributed by atoms with Crippen LogP contribution < -0.4 is 16.4 Å². The van der Waals surface area contributed by atoms with E-state index in [1.165, 1.54) is 0 Å². The second kappa shape index (κ2) is 6.80. The first-order valence-electron chi connectivity index (χ1n) is 5.62. The first-order valence-corrected chi connectivity index (χ1v) is 5.62. The topological polar surface area (TPSA) is 131 Å². The van der Waals surface area contributed by atoms with Gasteiger partial charge in [0.05, 0.1) is 13.0 Å². The number of hydrogen-bond donors (Lipinski definition) is 4. The molecule has 0 spiro atoms. The third-order valence-electron chi connectivity index (χ3n) is 2.58. The molecule has 0 aromatic rings. The van der Waals surface area contributed by atoms with Crippen LogP contribution in [0.3, 0.4) is 0 Å². The van der Waals surface area contributed by atoms with Crippen LogP contribution in [0, 0.1) is 5.92 Å². The molecule has 1 saturated heterocycles. The van der Waals surface area contributed by atoms with E-state index in [9.17, 15) is 14.4 Å². The summed E-state index contributed by atoms with van der Waals surface area (Å²) in [6.07, 6.45) is 0.430. The summed E-state index contributed by atoms with van der Waals surface area (Å²) >= 11 is 0. The lowest BCUT2D eigenvalue weighted by atomic mass is 10.1. The zero-order valence-electron chi connectivity index (χ0n) is 9.85. The van der Waals surface area contributed by atoms with Crippen LogP contribution in [0.25, 0.3) is 0 Å². The maximum absolute atomic E-state index is 11.4. The van der Waals surface area contributed by atoms with E-state index in [2.05, 4.69) is 10.6 Å². The number of nitrogens with two attached hydrogens (primary N) is 1. The molecule has 1 fully saturated rings. The van der Waals surface area contributed by atoms with Gasteiger partial charge in [0.2, 0.25) is 5.91 Å². The minimum atomic E-state index is -1.30. The van der Waals surface area contributed by atoms with Crippen molar-refractivity contribution in [2.75, 3.05) is 19.8 Å². The first-order chi connectivity index (χ1) is 8.49. The quantitative estimate of drug-likeness (QED) is 0.468. The lowest BCUT2D eigenvalue weighted by Gasteiger charge is -2.15. The Morgan fingerprint density at radius 1 is 1.44 bits per heavy atom. The number of rotatable bonds is 6. The summed E-state index contributed by atoms with van der Waals surface area (Å²) in [6, 6.07) is -1.93. The maximum Gasteiger partial charge on any atom is 0.326 e. The summed E-state index contributed by atoms with van der Waals surface area (Å²) < 4.78 is 5.13. The smallest absolute Gasteiger partial charge is 0.326 e. The third kappa shape index (κ3) is 5.00. The number of carbonyl (C=O) groups excluding carboxylic acids is 2. The molecule has 2 unspecified atom stereocenters. The second-order valence-electron chi connectivity index (χ2n) is 4.15. The predicted octanol–water partition coefficient (Wildman–Crippen LogP) is -1.35. The summed E-state index contributed by atoms with van der Waals surface area (Å²) in [4.78, 5) is 32.8. The zero-order chi connectivity index (χ0) is 13.5. The van der Waals surface area contributed by atoms with Gasteiger partial charge >= 0.3 is 12.0 Å². The van der Waals surface area contributed by atoms with Crippen LogP contribution in [0.2, 0.25) is 0 Å². The van der Waals surface area contributed by atoms with Gasteiger partial charge in [-0.25, -0.2) is 9.59 Å². The number of hydrogen-bond acceptors (Lipinski definition) is 4. The molecule has 18 heavy (non-hydrogen) atoms. The van der Waals surface area contributed by atoms with Crippen molar-refractivity contribution in [3.05, 3.63) is 0 Å². The molecular formula is C10H17N3O5. The molecule has 8 heteroatoms. The number of carbonyl (C=O) groups is 3. The molecule has 5 N–H and O–H groups in total. The molecule has 3 amide bonds. The van der Waals surface area contributed by atoms with Crippen LogP contribution in [0.5, 0.6) is 0 Å². The van der Waals surface area contributed by atoms with Crippen molar-refractivity contribution in [3.63, 3.8) is 0 Å². The molecule has 0 saturated carbocycles. The van der Waals surface area contributed by atoms with E-state index in [0.29, 0.717) is 19.8 Å². The fourth-order valence-corrected chi connectivity index (χ4v) is 1.59. The Bertz CT molecular complexity index is 327. The number of ether oxygens (including phenoxy) is 1. The van der Waals surface area contributed by atoms with Crippen molar-refractivity contribution >= 4 is 17.9 Å². The summed E-state index contributed by atoms with van der Waals surface area (Å²) in [5.74, 6) is -1.84. The Kier molecular flexibility index (Phi) is 5.37. The van der Waals surface area contributed by atoms with Gasteiger partial charge in [-0.05, 0) is 6.42 Å². The SMILES string of the molecule is NC(=O)CC(NC(=O)NCC1CCOC1)C(=O)O. The van der Waals surface area contributed by atoms with Gasteiger partial charge in [0.25, 0.3) is 0 Å². The maximum atomic E-state index is 11.4. The summed E-state index contributed by atoms with van der Waals surface area (Å²) in [6.45, 7) is 1.67. The van der Waals surface area contributed by atoms with Gasteiger partial charge in [-0.3, -0.25) is 4.79 Å². The highest BCUT2D eigenvalue weighted by molar-refractivity contribution is 5.87. The van der Waals surface area contributed by atoms with Crippen LogP contribution in [-0.2, 0) is 14.3 Å². The number of urea groups is 1. The molecule has 1 heterocycles. The van der Waals surface area contributed by atoms with Crippen molar-refractivity contribution < 1.29 is 24.2 Å². The highest BCUT2D eigenvalue weighted by Crippen LogP contribution is 2.10. The van der Waals surface area contributed by atoms with Crippen LogP contribution in [0.1, 0.15) is 12.8 Å². The van der Waals surface area contributed by atoms with E-state index in [1.807, 2.05) is 0 Å². The standard InChI is InChI=1S/C10H17N3O5/c11-8(14)3-7(9(15)16)13-10(17)12-4-6-1-2-18-5-6/h6-7H,1-5H2,(H2,11,14)(H,15,16)(H2,12,13,17). The Hall–Kier alpha value is -1.83. The van der Waals surface area contributed by atoms with E-state index in [1.54, 1.807) is 0 Å². The molecule has 102 valence electrons. The highest BCUT2D eigenvalue weighted by Gasteiger charge is 2.23. The third-order valence-corrected chi connectivity index (χ3v) is 2.58. The number of primary amides is 1. The summed E-state index contributed by atoms with van der Waals surface area (Å²) in [7, 11) is 0. The molecule has 8 nitrogen and oxygen atoms in total. The average molecular weight is 259 g/mol. The minimum absolute atomic E-state index is 0.246. The zero-order valence-corrected chi connectivity index (χ0v) is 9.85. The Morgan fingerprint density at radius 3 is 2.67 bits per heavy atom. The van der Waals surface area contributed by atoms with Gasteiger partial charge in [0.1, 0.15) is 6.04 Å². The van der Waals surface area contributed by atoms with Crippen molar-refractivity contribution in [2.45, 2.75) is 18.9 Å². The van der Waals surface area contributed by atoms with Crippen LogP contribution >= 0.6 is 0 Å². The number of aliphatic carboxylic acids is 1. The van der Waals surface area contributed by atoms with Gasteiger partial charge in [-0.1, -0.05) is 0 Å². The van der Waals surface area contributed by atoms with E-state index in [-0.39, 0.29) is 5.92 Å². The fraction of sp³-hybridized carbons (Fsp3) is 0.700. The number of carboxylic acids is 1. The van der Waals surface area contributed by atoms with E-state index < -0.39 is 30.4 Å². The van der Waals surface area contributed by atoms with Gasteiger partial charge < -0.3 is 26.2 Å². The van der Waals surface area contributed by atoms with E-state index in [0.717, 1.165) is 6.42 Å². The van der Waals surface area contributed by atoms with Gasteiger partial charge in [-0.15, -0.1) is 0 Å². The molecule has 0 bridgehead atoms. The normalized spacial score (nSPS) is 20.1. The summed E-state index contributed by atoms with van der Waals surface area (Å²) in [5, 5.41) is 13.5. The fourth-order valence-electron chi connectivity index (χ4n) is 1.59. The summed E-state index contributed by atoms with van der Waals surface area (Å²) in [5.41, 5.74) is 4.89. The van der Waals surface area contributed by atoms with Crippen molar-refractivity contribution in [1.82, 2.24) is 10.6 Å². The molecule has 1 aliphatic rings. The predicted molar refractivity (Wildman–Crippen MR) is 60.7 cm³/mol. The molecule has 0 aliphatic carbocycles. The second-order valence-corrected chi connectivity index (χ2v) is 4.15. The molecule has 2 atom stereocenters. The van der Waals surface area contributed by atoms with Crippen molar-refractivity contribution in [1.29, 1.82) is 0 Å². The average Bonchev–Trinajstić information content (AvgIpc) is 2.77. The van der Waals surface area contributed by atoms with Gasteiger partial charge in [0, 0.05) is 19.1 Å². The van der Waals surface area contributed by atoms with Gasteiger partial charge in [0.15, 0.2) is 0 Å². The van der Waals surface area contributed by atoms with E-state index >= 15 is 0 Å². The minimum Gasteiger partial charge on any atom is -0.480 e. The molecular weight excluding hydrogens is 242 g/mol. The number of amides is 3. The molecule has 0 radical (unpaired) electrons. The lowest BCUT2D eigenvalue weighted by molar-refractivity contribution is -0.140. The van der Waals surface area contributed by atoms with Crippen molar-refractivity contribution in [2.24, 2.45) is 11.7 Å². The first kappa shape index (κ1) is 14.2. The molecule has 0 aromatic carbocycles. The Balaban J connectivity index is 2.31. The Morgan fingerprint density at radius 2 is 2.17 bits per heavy atom. The van der Waals surface area contributed by atoms with Crippen LogP contribution in [0.4, 0.5) is 4.79 Å². The number of nitrogens with one attached hydrogen (secondary N) is 2. The molecule has 0 aromatic heterocycles. The van der Waals surface area contributed by atoms with Crippen LogP contribution in [-0.4, -0.2) is 48.8 Å². The van der Waals surface area contributed by atoms with Crippen molar-refractivity contribution in [3.8, 4) is 0 Å². The van der Waals surface area contributed by atoms with Crippen LogP contribution in [0.15, 0.2) is 0 Å². The largest absolute Gasteiger partial charge is 0.480 e. The molecule has 1 aliphatic heterocycles. The number of carboxylic acid groups (broad SMARTS) is 1. The lowest BCUT2D eigenvalue weighted by Crippen LogP contribution is -2.48. The van der Waals surface area contributed by atoms with Gasteiger partial charge in [-0.2, -0.15) is 0 Å². The Labute approximate surface area is 104 Å².